The number of amides is 2. The number of nitrogens with zero attached hydrogens (tertiary/aromatic N) is 2. The second kappa shape index (κ2) is 12.8. The first-order chi connectivity index (χ1) is 17.2. The fourth-order valence-electron chi connectivity index (χ4n) is 3.37. The van der Waals surface area contributed by atoms with Crippen molar-refractivity contribution in [1.29, 1.82) is 0 Å². The molecule has 0 aliphatic rings. The van der Waals surface area contributed by atoms with Gasteiger partial charge in [-0.25, -0.2) is 14.6 Å². The molecular formula is C26H41N5O5Si. The number of carbonyl (C=O) groups excluding carboxylic acids is 2. The van der Waals surface area contributed by atoms with Gasteiger partial charge in [0.2, 0.25) is 0 Å². The summed E-state index contributed by atoms with van der Waals surface area (Å²) in [6, 6.07) is 5.65. The molecule has 0 bridgehead atoms. The van der Waals surface area contributed by atoms with E-state index >= 15 is 0 Å². The van der Waals surface area contributed by atoms with E-state index < -0.39 is 31.9 Å². The monoisotopic (exact) mass is 531 g/mol. The predicted octanol–water partition coefficient (Wildman–Crippen LogP) is 5.76. The van der Waals surface area contributed by atoms with Crippen LogP contribution in [0.1, 0.15) is 39.1 Å². The van der Waals surface area contributed by atoms with Crippen LogP contribution in [0.25, 0.3) is 11.3 Å². The number of anilines is 2. The van der Waals surface area contributed by atoms with Crippen LogP contribution >= 0.6 is 0 Å². The number of benzene rings is 1. The molecule has 1 heterocycles. The van der Waals surface area contributed by atoms with Crippen molar-refractivity contribution in [3.8, 4) is 11.3 Å². The summed E-state index contributed by atoms with van der Waals surface area (Å²) in [6.07, 6.45) is 2.86. The minimum Gasteiger partial charge on any atom is -0.453 e. The number of hydrogen-bond acceptors (Lipinski definition) is 7. The van der Waals surface area contributed by atoms with Crippen LogP contribution in [0.5, 0.6) is 0 Å². The van der Waals surface area contributed by atoms with Gasteiger partial charge in [0.25, 0.3) is 0 Å². The Morgan fingerprint density at radius 1 is 1.24 bits per heavy atom. The third-order valence-corrected chi connectivity index (χ3v) is 6.90. The zero-order valence-corrected chi connectivity index (χ0v) is 24.0. The Labute approximate surface area is 220 Å². The molecule has 0 saturated carbocycles. The smallest absolute Gasteiger partial charge is 0.411 e. The van der Waals surface area contributed by atoms with E-state index in [1.807, 2.05) is 31.5 Å². The van der Waals surface area contributed by atoms with Crippen molar-refractivity contribution in [1.82, 2.24) is 14.9 Å². The van der Waals surface area contributed by atoms with Crippen molar-refractivity contribution in [2.24, 2.45) is 0 Å². The van der Waals surface area contributed by atoms with E-state index in [1.54, 1.807) is 24.3 Å². The molecule has 0 saturated heterocycles. The summed E-state index contributed by atoms with van der Waals surface area (Å²) >= 11 is 0. The lowest BCUT2D eigenvalue weighted by Gasteiger charge is -2.23. The van der Waals surface area contributed by atoms with E-state index in [4.69, 9.17) is 20.2 Å². The maximum Gasteiger partial charge on any atom is 0.411 e. The van der Waals surface area contributed by atoms with E-state index in [9.17, 15) is 9.59 Å². The molecular weight excluding hydrogens is 490 g/mol. The van der Waals surface area contributed by atoms with Crippen LogP contribution in [0.4, 0.5) is 21.0 Å². The summed E-state index contributed by atoms with van der Waals surface area (Å²) in [6.45, 7) is 17.0. The second-order valence-corrected chi connectivity index (χ2v) is 16.6. The maximum atomic E-state index is 12.6. The summed E-state index contributed by atoms with van der Waals surface area (Å²) in [5.41, 5.74) is 7.87. The Morgan fingerprint density at radius 3 is 2.51 bits per heavy atom. The number of nitrogen functional groups attached to an aromatic ring is 1. The van der Waals surface area contributed by atoms with Gasteiger partial charge in [0.15, 0.2) is 0 Å². The summed E-state index contributed by atoms with van der Waals surface area (Å²) in [5, 5.41) is 5.50. The van der Waals surface area contributed by atoms with E-state index in [1.165, 1.54) is 7.11 Å². The van der Waals surface area contributed by atoms with Gasteiger partial charge in [0.05, 0.1) is 18.8 Å². The van der Waals surface area contributed by atoms with Gasteiger partial charge < -0.3 is 29.8 Å². The van der Waals surface area contributed by atoms with Crippen molar-refractivity contribution in [3.63, 3.8) is 0 Å². The number of nitrogens with one attached hydrogen (secondary N) is 2. The number of carbonyl (C=O) groups is 2. The van der Waals surface area contributed by atoms with Crippen LogP contribution in [0.15, 0.2) is 37.1 Å². The topological polar surface area (TPSA) is 130 Å². The Morgan fingerprint density at radius 2 is 1.95 bits per heavy atom. The maximum absolute atomic E-state index is 12.6. The number of rotatable bonds is 11. The van der Waals surface area contributed by atoms with Gasteiger partial charge in [-0.3, -0.25) is 5.32 Å². The third-order valence-electron chi connectivity index (χ3n) is 5.20. The molecule has 2 aromatic rings. The molecule has 204 valence electrons. The third kappa shape index (κ3) is 9.93. The molecule has 1 atom stereocenters. The zero-order chi connectivity index (χ0) is 27.8. The fourth-order valence-corrected chi connectivity index (χ4v) is 4.13. The van der Waals surface area contributed by atoms with E-state index in [0.717, 1.165) is 6.04 Å². The minimum absolute atomic E-state index is 0.262. The van der Waals surface area contributed by atoms with Gasteiger partial charge in [-0.2, -0.15) is 0 Å². The van der Waals surface area contributed by atoms with Gasteiger partial charge >= 0.3 is 12.2 Å². The first-order valence-electron chi connectivity index (χ1n) is 12.2. The molecule has 0 fully saturated rings. The van der Waals surface area contributed by atoms with Gasteiger partial charge in [-0.1, -0.05) is 25.7 Å². The fraction of sp³-hybridized carbons (Fsp3) is 0.500. The highest BCUT2D eigenvalue weighted by Gasteiger charge is 2.25. The molecule has 37 heavy (non-hydrogen) atoms. The molecule has 11 heteroatoms. The Balaban J connectivity index is 2.40. The number of ether oxygens (including phenoxy) is 3. The van der Waals surface area contributed by atoms with Crippen LogP contribution in [0.2, 0.25) is 25.7 Å². The van der Waals surface area contributed by atoms with Gasteiger partial charge in [0.1, 0.15) is 18.2 Å². The van der Waals surface area contributed by atoms with Gasteiger partial charge in [0, 0.05) is 37.8 Å². The highest BCUT2D eigenvalue weighted by Crippen LogP contribution is 2.30. The van der Waals surface area contributed by atoms with Gasteiger partial charge in [-0.05, 0) is 51.4 Å². The largest absolute Gasteiger partial charge is 0.453 e. The first-order valence-corrected chi connectivity index (χ1v) is 15.9. The molecule has 0 spiro atoms. The number of methoxy groups -OCH3 is 1. The van der Waals surface area contributed by atoms with Crippen molar-refractivity contribution in [2.45, 2.75) is 71.3 Å². The molecule has 1 unspecified atom stereocenters. The van der Waals surface area contributed by atoms with Crippen LogP contribution < -0.4 is 16.4 Å². The van der Waals surface area contributed by atoms with Crippen molar-refractivity contribution in [2.75, 3.05) is 24.8 Å². The zero-order valence-electron chi connectivity index (χ0n) is 23.0. The molecule has 2 amide bonds. The average Bonchev–Trinajstić information content (AvgIpc) is 3.18. The van der Waals surface area contributed by atoms with Gasteiger partial charge in [-0.15, -0.1) is 6.58 Å². The quantitative estimate of drug-likeness (QED) is 0.145. The molecule has 4 N–H and O–H groups in total. The lowest BCUT2D eigenvalue weighted by molar-refractivity contribution is 0.0492. The highest BCUT2D eigenvalue weighted by molar-refractivity contribution is 6.76. The van der Waals surface area contributed by atoms with E-state index in [2.05, 4.69) is 41.6 Å². The molecule has 2 rings (SSSR count). The lowest BCUT2D eigenvalue weighted by Crippen LogP contribution is -2.36. The summed E-state index contributed by atoms with van der Waals surface area (Å²) < 4.78 is 18.0. The summed E-state index contributed by atoms with van der Waals surface area (Å²) in [7, 11) is 0.0344. The van der Waals surface area contributed by atoms with Crippen LogP contribution in [0.3, 0.4) is 0 Å². The lowest BCUT2D eigenvalue weighted by atomic mass is 10.1. The molecule has 0 aliphatic carbocycles. The van der Waals surface area contributed by atoms with E-state index in [0.29, 0.717) is 41.5 Å². The average molecular weight is 532 g/mol. The van der Waals surface area contributed by atoms with Crippen LogP contribution in [0, 0.1) is 0 Å². The number of nitrogens with two attached hydrogens (primary N) is 1. The highest BCUT2D eigenvalue weighted by atomic mass is 28.3. The number of alkyl carbamates (subject to hydrolysis) is 1. The molecule has 0 radical (unpaired) electrons. The SMILES string of the molecule is C=CCC(NC(=O)OC(C)(C)C)c1nc(-c2ccc(NC(=O)OC)cc2N)cn1COCC[Si](C)(C)C. The Hall–Kier alpha value is -3.31. The normalized spacial score (nSPS) is 12.5. The molecule has 10 nitrogen and oxygen atoms in total. The van der Waals surface area contributed by atoms with Crippen LogP contribution in [-0.4, -0.2) is 49.1 Å². The number of hydrogen-bond donors (Lipinski definition) is 3. The van der Waals surface area contributed by atoms with E-state index in [-0.39, 0.29) is 6.73 Å². The second-order valence-electron chi connectivity index (χ2n) is 10.9. The standard InChI is InChI=1S/C26H41N5O5Si/c1-9-10-21(30-25(33)36-26(2,3)4)23-29-22(16-31(23)17-35-13-14-37(6,7)8)19-12-11-18(15-20(19)27)28-24(32)34-5/h9,11-12,15-16,21H,1,10,13-14,17,27H2,2-8H3,(H,28,32)(H,30,33). The molecule has 1 aromatic heterocycles. The molecule has 1 aromatic carbocycles. The Bertz CT molecular complexity index is 1090. The minimum atomic E-state index is -1.26. The number of imidazole rings is 1. The van der Waals surface area contributed by atoms with Crippen molar-refractivity contribution >= 4 is 31.6 Å². The summed E-state index contributed by atoms with van der Waals surface area (Å²) in [4.78, 5) is 28.9. The predicted molar refractivity (Wildman–Crippen MR) is 149 cm³/mol. The molecule has 0 aliphatic heterocycles. The van der Waals surface area contributed by atoms with Crippen molar-refractivity contribution in [3.05, 3.63) is 42.9 Å². The summed E-state index contributed by atoms with van der Waals surface area (Å²) in [5.74, 6) is 0.588. The Kier molecular flexibility index (Phi) is 10.3. The van der Waals surface area contributed by atoms with Crippen LogP contribution in [-0.2, 0) is 20.9 Å². The van der Waals surface area contributed by atoms with Crippen molar-refractivity contribution < 1.29 is 23.8 Å². The first kappa shape index (κ1) is 29.9. The number of aromatic nitrogens is 2.